The Kier molecular flexibility index (Phi) is 6.69. The van der Waals surface area contributed by atoms with Crippen molar-refractivity contribution in [1.29, 1.82) is 5.26 Å². The first-order chi connectivity index (χ1) is 17.4. The van der Waals surface area contributed by atoms with Gasteiger partial charge in [0.15, 0.2) is 0 Å². The van der Waals surface area contributed by atoms with Gasteiger partial charge in [0.1, 0.15) is 11.9 Å². The molecule has 7 nitrogen and oxygen atoms in total. The SMILES string of the molecule is CC(=O)C[C@@H]1CCCC(C2=NN=C(c3ccc(-c4ccc5cc(C#N)cnn45)cc3NC(C)C)C2)C1. The van der Waals surface area contributed by atoms with Crippen molar-refractivity contribution in [1.82, 2.24) is 9.61 Å². The number of fused-ring (bicyclic) bond motifs is 1. The van der Waals surface area contributed by atoms with E-state index in [4.69, 9.17) is 0 Å². The Labute approximate surface area is 211 Å². The summed E-state index contributed by atoms with van der Waals surface area (Å²) in [6.45, 7) is 5.95. The van der Waals surface area contributed by atoms with Crippen molar-refractivity contribution in [2.75, 3.05) is 5.32 Å². The Bertz CT molecular complexity index is 1410. The third-order valence-electron chi connectivity index (χ3n) is 7.18. The lowest BCUT2D eigenvalue weighted by Gasteiger charge is -2.28. The summed E-state index contributed by atoms with van der Waals surface area (Å²) >= 11 is 0. The topological polar surface area (TPSA) is 94.9 Å². The summed E-state index contributed by atoms with van der Waals surface area (Å²) in [7, 11) is 0. The highest BCUT2D eigenvalue weighted by Gasteiger charge is 2.30. The minimum atomic E-state index is 0.257. The van der Waals surface area contributed by atoms with Gasteiger partial charge in [-0.15, -0.1) is 0 Å². The zero-order chi connectivity index (χ0) is 25.2. The molecule has 2 aliphatic rings. The van der Waals surface area contributed by atoms with Crippen LogP contribution in [0.2, 0.25) is 0 Å². The summed E-state index contributed by atoms with van der Waals surface area (Å²) in [5, 5.41) is 26.5. The Hall–Kier alpha value is -3.79. The van der Waals surface area contributed by atoms with Crippen molar-refractivity contribution < 1.29 is 4.79 Å². The first kappa shape index (κ1) is 23.9. The number of carbonyl (C=O) groups is 1. The van der Waals surface area contributed by atoms with E-state index in [1.54, 1.807) is 13.1 Å². The van der Waals surface area contributed by atoms with Gasteiger partial charge in [0.25, 0.3) is 0 Å². The zero-order valence-electron chi connectivity index (χ0n) is 21.2. The van der Waals surface area contributed by atoms with Crippen LogP contribution in [0.25, 0.3) is 16.8 Å². The first-order valence-electron chi connectivity index (χ1n) is 12.8. The van der Waals surface area contributed by atoms with E-state index in [-0.39, 0.29) is 11.8 Å². The number of aromatic nitrogens is 2. The molecule has 5 rings (SSSR count). The molecule has 2 aromatic heterocycles. The van der Waals surface area contributed by atoms with Crippen molar-refractivity contribution in [3.8, 4) is 17.3 Å². The summed E-state index contributed by atoms with van der Waals surface area (Å²) in [4.78, 5) is 11.6. The number of benzene rings is 1. The molecular formula is C29H32N6O. The van der Waals surface area contributed by atoms with E-state index in [2.05, 4.69) is 58.7 Å². The molecule has 1 aliphatic carbocycles. The molecule has 1 N–H and O–H groups in total. The average molecular weight is 481 g/mol. The summed E-state index contributed by atoms with van der Waals surface area (Å²) in [6.07, 6.45) is 7.51. The van der Waals surface area contributed by atoms with Crippen LogP contribution in [-0.4, -0.2) is 32.9 Å². The van der Waals surface area contributed by atoms with Crippen LogP contribution in [0.5, 0.6) is 0 Å². The number of hydrogen-bond acceptors (Lipinski definition) is 6. The quantitative estimate of drug-likeness (QED) is 0.447. The number of Topliss-reactive ketones (excluding diaryl/α,β-unsaturated/α-hetero) is 1. The van der Waals surface area contributed by atoms with Crippen LogP contribution in [0, 0.1) is 23.2 Å². The van der Waals surface area contributed by atoms with E-state index < -0.39 is 0 Å². The molecule has 0 spiro atoms. The van der Waals surface area contributed by atoms with E-state index in [1.165, 1.54) is 0 Å². The monoisotopic (exact) mass is 480 g/mol. The van der Waals surface area contributed by atoms with Crippen LogP contribution >= 0.6 is 0 Å². The number of nitriles is 1. The fourth-order valence-corrected chi connectivity index (χ4v) is 5.59. The summed E-state index contributed by atoms with van der Waals surface area (Å²) in [5.74, 6) is 1.17. The van der Waals surface area contributed by atoms with Crippen molar-refractivity contribution >= 4 is 28.4 Å². The maximum Gasteiger partial charge on any atom is 0.130 e. The van der Waals surface area contributed by atoms with Gasteiger partial charge in [-0.2, -0.15) is 20.6 Å². The molecule has 3 aromatic rings. The first-order valence-corrected chi connectivity index (χ1v) is 12.8. The number of carbonyl (C=O) groups excluding carboxylic acids is 1. The average Bonchev–Trinajstić information content (AvgIpc) is 3.50. The fourth-order valence-electron chi connectivity index (χ4n) is 5.59. The third kappa shape index (κ3) is 4.94. The lowest BCUT2D eigenvalue weighted by atomic mass is 9.76. The highest BCUT2D eigenvalue weighted by Crippen LogP contribution is 2.36. The molecule has 3 heterocycles. The second-order valence-corrected chi connectivity index (χ2v) is 10.4. The summed E-state index contributed by atoms with van der Waals surface area (Å²) < 4.78 is 1.86. The maximum atomic E-state index is 11.6. The number of nitrogens with one attached hydrogen (secondary N) is 1. The Morgan fingerprint density at radius 3 is 2.83 bits per heavy atom. The lowest BCUT2D eigenvalue weighted by Crippen LogP contribution is -2.24. The standard InChI is InChI=1S/C29H32N6O/c1-18(2)32-27-14-23(29-10-8-24-13-21(16-30)17-31-35(24)29)7-9-25(27)28-15-26(33-34-28)22-6-4-5-20(12-22)11-19(3)36/h7-10,13-14,17-18,20,22,32H,4-6,11-12,15H2,1-3H3/t20-,22?/m0/s1. The maximum absolute atomic E-state index is 11.6. The Morgan fingerprint density at radius 1 is 1.19 bits per heavy atom. The second-order valence-electron chi connectivity index (χ2n) is 10.4. The molecule has 1 unspecified atom stereocenters. The number of nitrogens with zero attached hydrogens (tertiary/aromatic N) is 5. The predicted octanol–water partition coefficient (Wildman–Crippen LogP) is 6.03. The van der Waals surface area contributed by atoms with Crippen LogP contribution in [0.15, 0.2) is 52.8 Å². The van der Waals surface area contributed by atoms with Gasteiger partial charge in [0.05, 0.1) is 28.7 Å². The van der Waals surface area contributed by atoms with E-state index in [1.807, 2.05) is 22.7 Å². The molecule has 0 bridgehead atoms. The van der Waals surface area contributed by atoms with Crippen LogP contribution in [0.4, 0.5) is 5.69 Å². The number of hydrogen-bond donors (Lipinski definition) is 1. The predicted molar refractivity (Wildman–Crippen MR) is 143 cm³/mol. The van der Waals surface area contributed by atoms with Gasteiger partial charge in [0, 0.05) is 41.4 Å². The molecule has 184 valence electrons. The molecular weight excluding hydrogens is 448 g/mol. The lowest BCUT2D eigenvalue weighted by molar-refractivity contribution is -0.118. The van der Waals surface area contributed by atoms with Gasteiger partial charge in [0.2, 0.25) is 0 Å². The molecule has 7 heteroatoms. The van der Waals surface area contributed by atoms with Gasteiger partial charge in [-0.05, 0) is 76.1 Å². The van der Waals surface area contributed by atoms with Crippen molar-refractivity contribution in [2.45, 2.75) is 65.3 Å². The second kappa shape index (κ2) is 10.1. The zero-order valence-corrected chi connectivity index (χ0v) is 21.2. The highest BCUT2D eigenvalue weighted by atomic mass is 16.1. The smallest absolute Gasteiger partial charge is 0.130 e. The molecule has 1 aliphatic heterocycles. The Balaban J connectivity index is 1.39. The normalized spacial score (nSPS) is 19.8. The highest BCUT2D eigenvalue weighted by molar-refractivity contribution is 6.18. The molecule has 0 amide bonds. The van der Waals surface area contributed by atoms with Gasteiger partial charge in [-0.25, -0.2) is 4.52 Å². The molecule has 1 saturated carbocycles. The fraction of sp³-hybridized carbons (Fsp3) is 0.414. The number of anilines is 1. The van der Waals surface area contributed by atoms with Crippen LogP contribution < -0.4 is 5.32 Å². The van der Waals surface area contributed by atoms with Gasteiger partial charge in [-0.1, -0.05) is 18.6 Å². The minimum Gasteiger partial charge on any atom is -0.382 e. The molecule has 0 radical (unpaired) electrons. The molecule has 2 atom stereocenters. The van der Waals surface area contributed by atoms with E-state index in [0.29, 0.717) is 23.8 Å². The van der Waals surface area contributed by atoms with E-state index in [9.17, 15) is 10.1 Å². The minimum absolute atomic E-state index is 0.257. The van der Waals surface area contributed by atoms with E-state index >= 15 is 0 Å². The number of ketones is 1. The molecule has 1 aromatic carbocycles. The van der Waals surface area contributed by atoms with Gasteiger partial charge < -0.3 is 10.1 Å². The van der Waals surface area contributed by atoms with Crippen molar-refractivity contribution in [3.63, 3.8) is 0 Å². The number of rotatable bonds is 7. The van der Waals surface area contributed by atoms with Crippen LogP contribution in [0.3, 0.4) is 0 Å². The van der Waals surface area contributed by atoms with E-state index in [0.717, 1.165) is 71.6 Å². The molecule has 0 saturated heterocycles. The van der Waals surface area contributed by atoms with Crippen LogP contribution in [0.1, 0.15) is 70.4 Å². The van der Waals surface area contributed by atoms with Gasteiger partial charge in [-0.3, -0.25) is 0 Å². The van der Waals surface area contributed by atoms with Gasteiger partial charge >= 0.3 is 0 Å². The molecule has 36 heavy (non-hydrogen) atoms. The summed E-state index contributed by atoms with van der Waals surface area (Å²) in [5.41, 5.74) is 7.70. The van der Waals surface area contributed by atoms with Crippen molar-refractivity contribution in [2.24, 2.45) is 22.0 Å². The van der Waals surface area contributed by atoms with Crippen LogP contribution in [-0.2, 0) is 4.79 Å². The largest absolute Gasteiger partial charge is 0.382 e. The third-order valence-corrected chi connectivity index (χ3v) is 7.18. The summed E-state index contributed by atoms with van der Waals surface area (Å²) in [6, 6.07) is 14.7. The Morgan fingerprint density at radius 2 is 2.06 bits per heavy atom. The molecule has 1 fully saturated rings. The van der Waals surface area contributed by atoms with Crippen molar-refractivity contribution in [3.05, 3.63) is 53.7 Å².